The van der Waals surface area contributed by atoms with Crippen LogP contribution in [-0.4, -0.2) is 27.0 Å². The van der Waals surface area contributed by atoms with Crippen LogP contribution in [0.3, 0.4) is 0 Å². The Bertz CT molecular complexity index is 1270. The van der Waals surface area contributed by atoms with Crippen molar-refractivity contribution < 1.29 is 9.18 Å². The summed E-state index contributed by atoms with van der Waals surface area (Å²) in [6, 6.07) is 3.08. The summed E-state index contributed by atoms with van der Waals surface area (Å²) in [5.74, 6) is -0.555. The third kappa shape index (κ3) is 5.08. The minimum Gasteiger partial charge on any atom is -0.380 e. The van der Waals surface area contributed by atoms with Crippen LogP contribution >= 0.6 is 0 Å². The molecule has 0 saturated heterocycles. The summed E-state index contributed by atoms with van der Waals surface area (Å²) >= 11 is 0. The van der Waals surface area contributed by atoms with Crippen molar-refractivity contribution in [3.63, 3.8) is 0 Å². The molecule has 0 radical (unpaired) electrons. The number of hydrogen-bond acceptors (Lipinski definition) is 8. The van der Waals surface area contributed by atoms with Crippen LogP contribution in [0.15, 0.2) is 26.8 Å². The number of hydrazone groups is 1. The molecule has 5 rings (SSSR count). The van der Waals surface area contributed by atoms with Gasteiger partial charge in [0.15, 0.2) is 0 Å². The smallest absolute Gasteiger partial charge is 0.331 e. The molecule has 11 nitrogen and oxygen atoms in total. The van der Waals surface area contributed by atoms with E-state index in [1.165, 1.54) is 12.5 Å². The number of aromatic nitrogens is 2. The second-order valence-electron chi connectivity index (χ2n) is 9.85. The zero-order chi connectivity index (χ0) is 25.1. The van der Waals surface area contributed by atoms with Gasteiger partial charge in [0.2, 0.25) is 11.9 Å². The van der Waals surface area contributed by atoms with Crippen molar-refractivity contribution in [3.8, 4) is 0 Å². The van der Waals surface area contributed by atoms with Gasteiger partial charge in [0, 0.05) is 25.0 Å². The molecule has 194 valence electrons. The van der Waals surface area contributed by atoms with Crippen molar-refractivity contribution in [1.29, 1.82) is 0 Å². The van der Waals surface area contributed by atoms with Gasteiger partial charge >= 0.3 is 5.69 Å². The molecule has 12 heteroatoms. The Balaban J connectivity index is 1.44. The molecule has 0 spiro atoms. The highest BCUT2D eigenvalue weighted by molar-refractivity contribution is 5.97. The van der Waals surface area contributed by atoms with Crippen molar-refractivity contribution >= 4 is 28.5 Å². The first kappa shape index (κ1) is 24.3. The number of nitrogens with one attached hydrogen (secondary N) is 5. The first-order valence-electron chi connectivity index (χ1n) is 12.9. The molecule has 36 heavy (non-hydrogen) atoms. The summed E-state index contributed by atoms with van der Waals surface area (Å²) < 4.78 is 18.0. The molecule has 2 aromatic rings. The van der Waals surface area contributed by atoms with E-state index in [1.807, 2.05) is 0 Å². The summed E-state index contributed by atoms with van der Waals surface area (Å²) in [7, 11) is 0. The van der Waals surface area contributed by atoms with Crippen LogP contribution in [0.2, 0.25) is 0 Å². The van der Waals surface area contributed by atoms with Crippen molar-refractivity contribution in [2.45, 2.75) is 89.3 Å². The van der Waals surface area contributed by atoms with E-state index in [2.05, 4.69) is 32.2 Å². The zero-order valence-corrected chi connectivity index (χ0v) is 20.2. The predicted molar refractivity (Wildman–Crippen MR) is 135 cm³/mol. The molecule has 1 aromatic carbocycles. The second kappa shape index (κ2) is 10.7. The van der Waals surface area contributed by atoms with Crippen LogP contribution in [0.1, 0.15) is 76.7 Å². The Labute approximate surface area is 207 Å². The first-order chi connectivity index (χ1) is 17.5. The number of anilines is 1. The molecule has 1 amide bonds. The molecule has 2 aliphatic carbocycles. The van der Waals surface area contributed by atoms with Gasteiger partial charge in [0.25, 0.3) is 5.56 Å². The molecule has 0 atom stereocenters. The average molecular weight is 501 g/mol. The highest BCUT2D eigenvalue weighted by atomic mass is 19.1. The number of fused-ring (bicyclic) bond motifs is 1. The number of carbonyl (C=O) groups is 1. The lowest BCUT2D eigenvalue weighted by atomic mass is 9.95. The Morgan fingerprint density at radius 2 is 1.83 bits per heavy atom. The summed E-state index contributed by atoms with van der Waals surface area (Å²) in [6.07, 6.45) is 9.45. The van der Waals surface area contributed by atoms with Crippen LogP contribution in [0, 0.1) is 5.82 Å². The largest absolute Gasteiger partial charge is 0.380 e. The van der Waals surface area contributed by atoms with Crippen molar-refractivity contribution in [2.75, 3.05) is 5.32 Å². The fourth-order valence-electron chi connectivity index (χ4n) is 5.54. The second-order valence-corrected chi connectivity index (χ2v) is 9.85. The van der Waals surface area contributed by atoms with E-state index in [0.29, 0.717) is 11.2 Å². The maximum Gasteiger partial charge on any atom is 0.331 e. The predicted octanol–water partition coefficient (Wildman–Crippen LogP) is 1.94. The molecule has 0 bridgehead atoms. The minimum atomic E-state index is -0.525. The molecule has 0 unspecified atom stereocenters. The number of benzene rings is 1. The fourth-order valence-corrected chi connectivity index (χ4v) is 5.54. The van der Waals surface area contributed by atoms with Crippen LogP contribution in [0.25, 0.3) is 10.9 Å². The fraction of sp³-hybridized carbons (Fsp3) is 0.583. The van der Waals surface area contributed by atoms with Crippen LogP contribution in [0.4, 0.5) is 10.1 Å². The third-order valence-corrected chi connectivity index (χ3v) is 7.36. The van der Waals surface area contributed by atoms with Gasteiger partial charge in [-0.25, -0.2) is 14.7 Å². The van der Waals surface area contributed by atoms with E-state index in [1.54, 1.807) is 10.6 Å². The maximum absolute atomic E-state index is 15.2. The molecular formula is C24H33FN8O3. The summed E-state index contributed by atoms with van der Waals surface area (Å²) in [5, 5.41) is 9.87. The summed E-state index contributed by atoms with van der Waals surface area (Å²) in [5.41, 5.74) is 7.48. The Hall–Kier alpha value is -3.41. The molecular weight excluding hydrogens is 467 g/mol. The molecule has 3 aliphatic rings. The molecule has 5 N–H and O–H groups in total. The standard InChI is InChI=1S/C24H33FN8O3/c25-18-13-17-20(14-19(18)26-15-7-2-1-3-8-15)33(16-9-4-5-10-16)24(36)32(22(17)35)12-6-11-21(34)27-23-28-30-31-29-23/h13-16,26,30-31H,1-12H2,(H2,27,28,29,34). The first-order valence-corrected chi connectivity index (χ1v) is 12.9. The van der Waals surface area contributed by atoms with Gasteiger partial charge in [-0.05, 0) is 44.2 Å². The molecule has 1 aliphatic heterocycles. The quantitative estimate of drug-likeness (QED) is 0.392. The lowest BCUT2D eigenvalue weighted by Crippen LogP contribution is -2.44. The molecule has 2 fully saturated rings. The number of amides is 1. The lowest BCUT2D eigenvalue weighted by molar-refractivity contribution is -0.119. The molecule has 1 aromatic heterocycles. The average Bonchev–Trinajstić information content (AvgIpc) is 3.58. The van der Waals surface area contributed by atoms with E-state index in [9.17, 15) is 14.4 Å². The van der Waals surface area contributed by atoms with E-state index >= 15 is 4.39 Å². The molecule has 2 saturated carbocycles. The van der Waals surface area contributed by atoms with Crippen LogP contribution < -0.4 is 38.4 Å². The summed E-state index contributed by atoms with van der Waals surface area (Å²) in [6.45, 7) is 0.0633. The van der Waals surface area contributed by atoms with E-state index in [0.717, 1.165) is 55.9 Å². The number of guanidine groups is 1. The van der Waals surface area contributed by atoms with E-state index < -0.39 is 17.1 Å². The van der Waals surface area contributed by atoms with Gasteiger partial charge < -0.3 is 5.32 Å². The minimum absolute atomic E-state index is 0.0328. The lowest BCUT2D eigenvalue weighted by Gasteiger charge is -2.25. The Morgan fingerprint density at radius 1 is 1.08 bits per heavy atom. The highest BCUT2D eigenvalue weighted by Crippen LogP contribution is 2.32. The number of carbonyl (C=O) groups excluding carboxylic acids is 1. The number of halogens is 1. The van der Waals surface area contributed by atoms with Gasteiger partial charge in [0.1, 0.15) is 5.82 Å². The Morgan fingerprint density at radius 3 is 2.56 bits per heavy atom. The highest BCUT2D eigenvalue weighted by Gasteiger charge is 2.25. The van der Waals surface area contributed by atoms with Crippen molar-refractivity contribution in [2.24, 2.45) is 5.10 Å². The van der Waals surface area contributed by atoms with Crippen LogP contribution in [-0.2, 0) is 11.3 Å². The maximum atomic E-state index is 15.2. The van der Waals surface area contributed by atoms with Crippen molar-refractivity contribution in [1.82, 2.24) is 30.9 Å². The van der Waals surface area contributed by atoms with Crippen molar-refractivity contribution in [3.05, 3.63) is 38.8 Å². The third-order valence-electron chi connectivity index (χ3n) is 7.36. The van der Waals surface area contributed by atoms with Gasteiger partial charge in [-0.15, -0.1) is 10.6 Å². The van der Waals surface area contributed by atoms with Gasteiger partial charge in [-0.1, -0.05) is 32.1 Å². The number of rotatable bonds is 7. The number of hydrazine groups is 2. The van der Waals surface area contributed by atoms with Gasteiger partial charge in [-0.2, -0.15) is 0 Å². The van der Waals surface area contributed by atoms with Gasteiger partial charge in [-0.3, -0.25) is 29.5 Å². The van der Waals surface area contributed by atoms with E-state index in [4.69, 9.17) is 0 Å². The van der Waals surface area contributed by atoms with E-state index in [-0.39, 0.29) is 48.7 Å². The summed E-state index contributed by atoms with van der Waals surface area (Å²) in [4.78, 5) is 39.1. The topological polar surface area (TPSA) is 134 Å². The normalized spacial score (nSPS) is 18.6. The molecule has 2 heterocycles. The SMILES string of the molecule is O=C(CCCn1c(=O)c2cc(F)c(NC3CCCCC3)cc2n(C2CCCC2)c1=O)NC1=NNNN1. The Kier molecular flexibility index (Phi) is 7.21. The monoisotopic (exact) mass is 500 g/mol. The number of nitrogens with zero attached hydrogens (tertiary/aromatic N) is 3. The van der Waals surface area contributed by atoms with Crippen LogP contribution in [0.5, 0.6) is 0 Å². The number of hydrogen-bond donors (Lipinski definition) is 5. The van der Waals surface area contributed by atoms with Gasteiger partial charge in [0.05, 0.1) is 16.6 Å². The zero-order valence-electron chi connectivity index (χ0n) is 20.2.